The van der Waals surface area contributed by atoms with Gasteiger partial charge in [0.05, 0.1) is 22.0 Å². The highest BCUT2D eigenvalue weighted by molar-refractivity contribution is 7.92. The minimum absolute atomic E-state index is 0.00457. The number of anilines is 1. The smallest absolute Gasteiger partial charge is 0.244 e. The highest BCUT2D eigenvalue weighted by atomic mass is 35.5. The Bertz CT molecular complexity index is 1170. The fraction of sp³-hybridized carbons (Fsp3) is 0.318. The van der Waals surface area contributed by atoms with Gasteiger partial charge in [-0.05, 0) is 43.7 Å². The van der Waals surface area contributed by atoms with E-state index >= 15 is 0 Å². The third-order valence-electron chi connectivity index (χ3n) is 4.97. The second-order valence-electron chi connectivity index (χ2n) is 7.44. The van der Waals surface area contributed by atoms with Gasteiger partial charge in [0.25, 0.3) is 0 Å². The molecule has 0 aromatic heterocycles. The SMILES string of the molecule is CNC(=O)C(C)N(Cc1ccc(Cl)c(Cl)c1)C(=O)CN(c1cccc(C(C)=O)c1)S(C)(=O)=O. The molecule has 33 heavy (non-hydrogen) atoms. The molecule has 0 saturated carbocycles. The van der Waals surface area contributed by atoms with Crippen molar-refractivity contribution in [1.82, 2.24) is 10.2 Å². The van der Waals surface area contributed by atoms with Crippen molar-refractivity contribution in [3.05, 3.63) is 63.6 Å². The second kappa shape index (κ2) is 11.0. The van der Waals surface area contributed by atoms with Gasteiger partial charge in [-0.2, -0.15) is 0 Å². The predicted octanol–water partition coefficient (Wildman–Crippen LogP) is 3.13. The molecule has 0 aliphatic carbocycles. The molecule has 1 atom stereocenters. The lowest BCUT2D eigenvalue weighted by Gasteiger charge is -2.31. The van der Waals surface area contributed by atoms with Crippen molar-refractivity contribution in [3.8, 4) is 0 Å². The van der Waals surface area contributed by atoms with E-state index in [2.05, 4.69) is 5.32 Å². The molecule has 0 heterocycles. The number of hydrogen-bond donors (Lipinski definition) is 1. The lowest BCUT2D eigenvalue weighted by molar-refractivity contribution is -0.139. The standard InChI is InChI=1S/C22H25Cl2N3O5S/c1-14(22(30)25-3)26(12-16-8-9-19(23)20(24)10-16)21(29)13-27(33(4,31)32)18-7-5-6-17(11-18)15(2)28/h5-11,14H,12-13H2,1-4H3,(H,25,30). The second-order valence-corrected chi connectivity index (χ2v) is 10.2. The maximum Gasteiger partial charge on any atom is 0.244 e. The van der Waals surface area contributed by atoms with Crippen LogP contribution in [0.4, 0.5) is 5.69 Å². The summed E-state index contributed by atoms with van der Waals surface area (Å²) < 4.78 is 26.0. The average Bonchev–Trinajstić information content (AvgIpc) is 2.76. The van der Waals surface area contributed by atoms with Gasteiger partial charge >= 0.3 is 0 Å². The summed E-state index contributed by atoms with van der Waals surface area (Å²) in [6.45, 7) is 2.33. The molecule has 2 aromatic rings. The van der Waals surface area contributed by atoms with Gasteiger partial charge in [0, 0.05) is 19.2 Å². The van der Waals surface area contributed by atoms with Crippen molar-refractivity contribution < 1.29 is 22.8 Å². The van der Waals surface area contributed by atoms with Crippen LogP contribution in [0.2, 0.25) is 10.0 Å². The molecule has 0 bridgehead atoms. The molecule has 0 aliphatic rings. The van der Waals surface area contributed by atoms with Crippen LogP contribution in [0.15, 0.2) is 42.5 Å². The van der Waals surface area contributed by atoms with Crippen LogP contribution in [0.5, 0.6) is 0 Å². The van der Waals surface area contributed by atoms with E-state index in [1.807, 2.05) is 0 Å². The number of likely N-dealkylation sites (N-methyl/N-ethyl adjacent to an activating group) is 1. The zero-order valence-corrected chi connectivity index (χ0v) is 21.0. The maximum absolute atomic E-state index is 13.3. The van der Waals surface area contributed by atoms with Crippen molar-refractivity contribution in [1.29, 1.82) is 0 Å². The fourth-order valence-electron chi connectivity index (χ4n) is 3.12. The van der Waals surface area contributed by atoms with Gasteiger partial charge in [0.1, 0.15) is 12.6 Å². The summed E-state index contributed by atoms with van der Waals surface area (Å²) in [7, 11) is -2.45. The fourth-order valence-corrected chi connectivity index (χ4v) is 4.28. The number of ketones is 1. The molecule has 0 aliphatic heterocycles. The van der Waals surface area contributed by atoms with Gasteiger partial charge in [-0.15, -0.1) is 0 Å². The Kier molecular flexibility index (Phi) is 8.88. The van der Waals surface area contributed by atoms with Crippen LogP contribution in [0.1, 0.15) is 29.8 Å². The number of amides is 2. The molecular formula is C22H25Cl2N3O5S. The average molecular weight is 514 g/mol. The third-order valence-corrected chi connectivity index (χ3v) is 6.85. The summed E-state index contributed by atoms with van der Waals surface area (Å²) in [5.41, 5.74) is 1.08. The lowest BCUT2D eigenvalue weighted by Crippen LogP contribution is -2.50. The molecule has 0 radical (unpaired) electrons. The Balaban J connectivity index is 2.43. The Morgan fingerprint density at radius 3 is 2.27 bits per heavy atom. The van der Waals surface area contributed by atoms with E-state index in [-0.39, 0.29) is 23.0 Å². The molecule has 0 spiro atoms. The Labute approximate surface area is 203 Å². The normalized spacial score (nSPS) is 12.1. The Morgan fingerprint density at radius 2 is 1.73 bits per heavy atom. The molecule has 2 aromatic carbocycles. The van der Waals surface area contributed by atoms with E-state index in [0.29, 0.717) is 16.1 Å². The molecule has 8 nitrogen and oxygen atoms in total. The van der Waals surface area contributed by atoms with Gasteiger partial charge in [0.15, 0.2) is 5.78 Å². The van der Waals surface area contributed by atoms with Gasteiger partial charge in [0.2, 0.25) is 21.8 Å². The number of benzene rings is 2. The monoisotopic (exact) mass is 513 g/mol. The first-order valence-electron chi connectivity index (χ1n) is 9.88. The van der Waals surface area contributed by atoms with Crippen LogP contribution in [-0.4, -0.2) is 56.8 Å². The van der Waals surface area contributed by atoms with E-state index < -0.39 is 34.4 Å². The number of halogens is 2. The first-order chi connectivity index (χ1) is 15.3. The van der Waals surface area contributed by atoms with Crippen molar-refractivity contribution in [2.75, 3.05) is 24.2 Å². The molecule has 2 rings (SSSR count). The summed E-state index contributed by atoms with van der Waals surface area (Å²) in [5.74, 6) is -1.28. The van der Waals surface area contributed by atoms with Crippen LogP contribution in [0.3, 0.4) is 0 Å². The minimum atomic E-state index is -3.89. The highest BCUT2D eigenvalue weighted by Crippen LogP contribution is 2.24. The number of nitrogens with zero attached hydrogens (tertiary/aromatic N) is 2. The van der Waals surface area contributed by atoms with Gasteiger partial charge in [-0.1, -0.05) is 41.4 Å². The Hall–Kier alpha value is -2.62. The lowest BCUT2D eigenvalue weighted by atomic mass is 10.1. The van der Waals surface area contributed by atoms with Crippen molar-refractivity contribution in [2.24, 2.45) is 0 Å². The summed E-state index contributed by atoms with van der Waals surface area (Å²) in [6, 6.07) is 9.90. The van der Waals surface area contributed by atoms with E-state index in [0.717, 1.165) is 10.6 Å². The van der Waals surface area contributed by atoms with Crippen LogP contribution in [-0.2, 0) is 26.2 Å². The zero-order valence-electron chi connectivity index (χ0n) is 18.6. The van der Waals surface area contributed by atoms with Gasteiger partial charge in [-0.3, -0.25) is 18.7 Å². The quantitative estimate of drug-likeness (QED) is 0.518. The number of carbonyl (C=O) groups is 3. The summed E-state index contributed by atoms with van der Waals surface area (Å²) in [6.07, 6.45) is 0.964. The molecule has 2 amide bonds. The first-order valence-corrected chi connectivity index (χ1v) is 12.5. The third kappa shape index (κ3) is 6.93. The topological polar surface area (TPSA) is 104 Å². The molecule has 0 saturated heterocycles. The Morgan fingerprint density at radius 1 is 1.06 bits per heavy atom. The van der Waals surface area contributed by atoms with E-state index in [4.69, 9.17) is 23.2 Å². The van der Waals surface area contributed by atoms with E-state index in [1.54, 1.807) is 24.3 Å². The van der Waals surface area contributed by atoms with Crippen LogP contribution < -0.4 is 9.62 Å². The molecule has 0 fully saturated rings. The van der Waals surface area contributed by atoms with E-state index in [9.17, 15) is 22.8 Å². The van der Waals surface area contributed by atoms with Gasteiger partial charge < -0.3 is 10.2 Å². The zero-order chi connectivity index (χ0) is 24.9. The molecular weight excluding hydrogens is 489 g/mol. The van der Waals surface area contributed by atoms with Crippen LogP contribution in [0, 0.1) is 0 Å². The summed E-state index contributed by atoms with van der Waals surface area (Å²) in [5, 5.41) is 3.12. The highest BCUT2D eigenvalue weighted by Gasteiger charge is 2.30. The van der Waals surface area contributed by atoms with Crippen LogP contribution in [0.25, 0.3) is 0 Å². The van der Waals surface area contributed by atoms with E-state index in [1.165, 1.54) is 44.0 Å². The predicted molar refractivity (Wildman–Crippen MR) is 129 cm³/mol. The van der Waals surface area contributed by atoms with Gasteiger partial charge in [-0.25, -0.2) is 8.42 Å². The number of carbonyl (C=O) groups excluding carboxylic acids is 3. The first kappa shape index (κ1) is 26.6. The van der Waals surface area contributed by atoms with Crippen molar-refractivity contribution >= 4 is 56.5 Å². The molecule has 1 N–H and O–H groups in total. The number of hydrogen-bond acceptors (Lipinski definition) is 5. The molecule has 11 heteroatoms. The largest absolute Gasteiger partial charge is 0.357 e. The number of rotatable bonds is 9. The van der Waals surface area contributed by atoms with Crippen molar-refractivity contribution in [2.45, 2.75) is 26.4 Å². The number of nitrogens with one attached hydrogen (secondary N) is 1. The number of sulfonamides is 1. The van der Waals surface area contributed by atoms with Crippen molar-refractivity contribution in [3.63, 3.8) is 0 Å². The van der Waals surface area contributed by atoms with Crippen LogP contribution >= 0.6 is 23.2 Å². The number of Topliss-reactive ketones (excluding diaryl/α,β-unsaturated/α-hetero) is 1. The summed E-state index contributed by atoms with van der Waals surface area (Å²) in [4.78, 5) is 38.6. The minimum Gasteiger partial charge on any atom is -0.357 e. The molecule has 178 valence electrons. The molecule has 1 unspecified atom stereocenters. The summed E-state index contributed by atoms with van der Waals surface area (Å²) >= 11 is 12.0. The maximum atomic E-state index is 13.3.